The first-order valence-corrected chi connectivity index (χ1v) is 10.3. The van der Waals surface area contributed by atoms with Crippen molar-refractivity contribution in [2.24, 2.45) is 0 Å². The Balaban J connectivity index is 1.51. The summed E-state index contributed by atoms with van der Waals surface area (Å²) in [6.45, 7) is 0.0280. The SMILES string of the molecule is O=C(COC(=O)C(=Cc1cccs1)c1cccs1)NCCc1ccc(F)cc1. The van der Waals surface area contributed by atoms with Crippen LogP contribution in [0, 0.1) is 5.82 Å². The molecule has 1 amide bonds. The fourth-order valence-corrected chi connectivity index (χ4v) is 3.82. The average molecular weight is 416 g/mol. The maximum atomic E-state index is 12.9. The summed E-state index contributed by atoms with van der Waals surface area (Å²) >= 11 is 2.95. The molecule has 3 aromatic rings. The van der Waals surface area contributed by atoms with E-state index >= 15 is 0 Å². The van der Waals surface area contributed by atoms with E-state index in [1.807, 2.05) is 35.0 Å². The summed E-state index contributed by atoms with van der Waals surface area (Å²) in [4.78, 5) is 26.2. The van der Waals surface area contributed by atoms with Gasteiger partial charge < -0.3 is 10.1 Å². The average Bonchev–Trinajstić information content (AvgIpc) is 3.39. The number of nitrogens with one attached hydrogen (secondary N) is 1. The Hall–Kier alpha value is -2.77. The number of rotatable bonds is 8. The number of thiophene rings is 2. The number of hydrogen-bond acceptors (Lipinski definition) is 5. The molecule has 0 atom stereocenters. The van der Waals surface area contributed by atoms with Crippen molar-refractivity contribution >= 4 is 46.2 Å². The van der Waals surface area contributed by atoms with Crippen LogP contribution < -0.4 is 5.32 Å². The van der Waals surface area contributed by atoms with Crippen molar-refractivity contribution in [2.75, 3.05) is 13.2 Å². The third-order valence-electron chi connectivity index (χ3n) is 3.82. The van der Waals surface area contributed by atoms with Crippen LogP contribution in [0.1, 0.15) is 15.3 Å². The van der Waals surface area contributed by atoms with Gasteiger partial charge >= 0.3 is 5.97 Å². The summed E-state index contributed by atoms with van der Waals surface area (Å²) in [6.07, 6.45) is 2.34. The van der Waals surface area contributed by atoms with Crippen LogP contribution in [-0.4, -0.2) is 25.0 Å². The highest BCUT2D eigenvalue weighted by molar-refractivity contribution is 7.12. The molecule has 2 aromatic heterocycles. The molecule has 0 aliphatic heterocycles. The van der Waals surface area contributed by atoms with Crippen LogP contribution in [0.4, 0.5) is 4.39 Å². The van der Waals surface area contributed by atoms with Crippen molar-refractivity contribution in [2.45, 2.75) is 6.42 Å². The van der Waals surface area contributed by atoms with E-state index in [0.717, 1.165) is 15.3 Å². The van der Waals surface area contributed by atoms with Crippen molar-refractivity contribution < 1.29 is 18.7 Å². The minimum Gasteiger partial charge on any atom is -0.452 e. The Bertz CT molecular complexity index is 933. The lowest BCUT2D eigenvalue weighted by Gasteiger charge is -2.08. The number of halogens is 1. The van der Waals surface area contributed by atoms with E-state index in [4.69, 9.17) is 4.74 Å². The molecule has 144 valence electrons. The van der Waals surface area contributed by atoms with Gasteiger partial charge in [0.15, 0.2) is 6.61 Å². The Morgan fingerprint density at radius 2 is 1.79 bits per heavy atom. The zero-order chi connectivity index (χ0) is 19.8. The smallest absolute Gasteiger partial charge is 0.340 e. The van der Waals surface area contributed by atoms with Gasteiger partial charge in [-0.15, -0.1) is 22.7 Å². The highest BCUT2D eigenvalue weighted by Crippen LogP contribution is 2.25. The van der Waals surface area contributed by atoms with Crippen LogP contribution in [0.3, 0.4) is 0 Å². The minimum atomic E-state index is -0.537. The van der Waals surface area contributed by atoms with Gasteiger partial charge in [0, 0.05) is 16.3 Å². The summed E-state index contributed by atoms with van der Waals surface area (Å²) in [5.74, 6) is -1.21. The van der Waals surface area contributed by atoms with E-state index < -0.39 is 5.97 Å². The third-order valence-corrected chi connectivity index (χ3v) is 5.54. The number of carbonyl (C=O) groups excluding carboxylic acids is 2. The molecule has 1 aromatic carbocycles. The summed E-state index contributed by atoms with van der Waals surface area (Å²) in [5.41, 5.74) is 1.34. The molecule has 0 unspecified atom stereocenters. The number of hydrogen-bond donors (Lipinski definition) is 1. The highest BCUT2D eigenvalue weighted by atomic mass is 32.1. The van der Waals surface area contributed by atoms with Crippen molar-refractivity contribution in [3.63, 3.8) is 0 Å². The van der Waals surface area contributed by atoms with E-state index in [1.165, 1.54) is 34.8 Å². The third kappa shape index (κ3) is 5.87. The second kappa shape index (κ2) is 9.96. The molecule has 7 heteroatoms. The summed E-state index contributed by atoms with van der Waals surface area (Å²) < 4.78 is 18.1. The molecule has 28 heavy (non-hydrogen) atoms. The minimum absolute atomic E-state index is 0.295. The van der Waals surface area contributed by atoms with Crippen LogP contribution in [0.2, 0.25) is 0 Å². The van der Waals surface area contributed by atoms with Crippen molar-refractivity contribution in [3.05, 3.63) is 80.4 Å². The molecule has 2 heterocycles. The zero-order valence-electron chi connectivity index (χ0n) is 14.9. The topological polar surface area (TPSA) is 55.4 Å². The predicted octanol–water partition coefficient (Wildman–Crippen LogP) is 4.39. The van der Waals surface area contributed by atoms with Gasteiger partial charge in [0.1, 0.15) is 5.82 Å². The Kier molecular flexibility index (Phi) is 7.11. The molecule has 0 saturated carbocycles. The second-order valence-electron chi connectivity index (χ2n) is 5.85. The highest BCUT2D eigenvalue weighted by Gasteiger charge is 2.16. The molecule has 0 fully saturated rings. The van der Waals surface area contributed by atoms with Crippen molar-refractivity contribution in [1.29, 1.82) is 0 Å². The van der Waals surface area contributed by atoms with Crippen LogP contribution in [0.15, 0.2) is 59.3 Å². The first-order chi connectivity index (χ1) is 13.6. The molecule has 0 bridgehead atoms. The lowest BCUT2D eigenvalue weighted by atomic mass is 10.1. The monoisotopic (exact) mass is 415 g/mol. The number of benzene rings is 1. The van der Waals surface area contributed by atoms with Crippen LogP contribution in [0.5, 0.6) is 0 Å². The fourth-order valence-electron chi connectivity index (χ4n) is 2.44. The van der Waals surface area contributed by atoms with E-state index in [1.54, 1.807) is 18.2 Å². The molecule has 0 aliphatic rings. The summed E-state index contributed by atoms with van der Waals surface area (Å²) in [6, 6.07) is 13.6. The van der Waals surface area contributed by atoms with Crippen molar-refractivity contribution in [3.8, 4) is 0 Å². The Morgan fingerprint density at radius 3 is 2.46 bits per heavy atom. The second-order valence-corrected chi connectivity index (χ2v) is 7.78. The van der Waals surface area contributed by atoms with Gasteiger partial charge in [0.05, 0.1) is 5.57 Å². The van der Waals surface area contributed by atoms with Crippen LogP contribution in [0.25, 0.3) is 11.6 Å². The largest absolute Gasteiger partial charge is 0.452 e. The zero-order valence-corrected chi connectivity index (χ0v) is 16.5. The lowest BCUT2D eigenvalue weighted by Crippen LogP contribution is -2.30. The number of esters is 1. The summed E-state index contributed by atoms with van der Waals surface area (Å²) in [7, 11) is 0. The first-order valence-electron chi connectivity index (χ1n) is 8.59. The molecular weight excluding hydrogens is 397 g/mol. The fraction of sp³-hybridized carbons (Fsp3) is 0.143. The van der Waals surface area contributed by atoms with Gasteiger partial charge in [-0.1, -0.05) is 24.3 Å². The number of amides is 1. The Labute approximate surface area is 170 Å². The van der Waals surface area contributed by atoms with Crippen LogP contribution in [-0.2, 0) is 20.7 Å². The van der Waals surface area contributed by atoms with Gasteiger partial charge in [-0.05, 0) is 53.1 Å². The molecule has 1 N–H and O–H groups in total. The maximum absolute atomic E-state index is 12.9. The van der Waals surface area contributed by atoms with Gasteiger partial charge in [0.2, 0.25) is 0 Å². The van der Waals surface area contributed by atoms with E-state index in [2.05, 4.69) is 5.32 Å². The first kappa shape index (κ1) is 20.0. The maximum Gasteiger partial charge on any atom is 0.340 e. The normalized spacial score (nSPS) is 11.2. The van der Waals surface area contributed by atoms with E-state index in [9.17, 15) is 14.0 Å². The number of ether oxygens (including phenoxy) is 1. The van der Waals surface area contributed by atoms with Crippen LogP contribution >= 0.6 is 22.7 Å². The van der Waals surface area contributed by atoms with Crippen molar-refractivity contribution in [1.82, 2.24) is 5.32 Å². The van der Waals surface area contributed by atoms with E-state index in [0.29, 0.717) is 18.5 Å². The van der Waals surface area contributed by atoms with Gasteiger partial charge in [-0.25, -0.2) is 9.18 Å². The molecule has 3 rings (SSSR count). The summed E-state index contributed by atoms with van der Waals surface area (Å²) in [5, 5.41) is 6.51. The quantitative estimate of drug-likeness (QED) is 0.438. The van der Waals surface area contributed by atoms with Gasteiger partial charge in [0.25, 0.3) is 5.91 Å². The number of carbonyl (C=O) groups is 2. The van der Waals surface area contributed by atoms with Gasteiger partial charge in [-0.3, -0.25) is 4.79 Å². The van der Waals surface area contributed by atoms with E-state index in [-0.39, 0.29) is 18.3 Å². The molecule has 4 nitrogen and oxygen atoms in total. The molecule has 0 spiro atoms. The molecule has 0 saturated heterocycles. The molecular formula is C21H18FNO3S2. The molecule has 0 aliphatic carbocycles. The Morgan fingerprint density at radius 1 is 1.04 bits per heavy atom. The lowest BCUT2D eigenvalue weighted by molar-refractivity contribution is -0.142. The molecule has 0 radical (unpaired) electrons. The van der Waals surface area contributed by atoms with Gasteiger partial charge in [-0.2, -0.15) is 0 Å². The standard InChI is InChI=1S/C21H18FNO3S2/c22-16-7-5-15(6-8-16)9-10-23-20(24)14-26-21(25)18(19-4-2-12-28-19)13-17-3-1-11-27-17/h1-8,11-13H,9-10,14H2,(H,23,24). The predicted molar refractivity (Wildman–Crippen MR) is 111 cm³/mol.